The van der Waals surface area contributed by atoms with Crippen LogP contribution in [0.2, 0.25) is 0 Å². The van der Waals surface area contributed by atoms with Crippen LogP contribution in [0.3, 0.4) is 0 Å². The van der Waals surface area contributed by atoms with Gasteiger partial charge in [-0.15, -0.1) is 5.10 Å². The second-order valence-electron chi connectivity index (χ2n) is 7.93. The number of amides is 1. The molecule has 3 heterocycles. The van der Waals surface area contributed by atoms with Crippen LogP contribution in [-0.2, 0) is 6.42 Å². The predicted molar refractivity (Wildman–Crippen MR) is 135 cm³/mol. The maximum Gasteiger partial charge on any atom is 0.251 e. The third-order valence-electron chi connectivity index (χ3n) is 5.57. The van der Waals surface area contributed by atoms with Crippen LogP contribution >= 0.6 is 0 Å². The summed E-state index contributed by atoms with van der Waals surface area (Å²) >= 11 is 0. The van der Waals surface area contributed by atoms with Crippen LogP contribution in [0.25, 0.3) is 16.8 Å². The Kier molecular flexibility index (Phi) is 6.34. The zero-order chi connectivity index (χ0) is 24.0. The summed E-state index contributed by atoms with van der Waals surface area (Å²) in [6.07, 6.45) is 6.11. The van der Waals surface area contributed by atoms with Gasteiger partial charge in [-0.05, 0) is 66.1 Å². The van der Waals surface area contributed by atoms with E-state index in [0.29, 0.717) is 18.1 Å². The van der Waals surface area contributed by atoms with E-state index >= 15 is 0 Å². The van der Waals surface area contributed by atoms with Crippen molar-refractivity contribution in [2.45, 2.75) is 6.42 Å². The summed E-state index contributed by atoms with van der Waals surface area (Å²) in [5.74, 6) is 1.10. The van der Waals surface area contributed by atoms with Crippen molar-refractivity contribution in [2.75, 3.05) is 19.0 Å². The number of ether oxygens (including phenoxy) is 1. The molecule has 8 nitrogen and oxygen atoms in total. The van der Waals surface area contributed by atoms with Gasteiger partial charge in [-0.3, -0.25) is 9.78 Å². The van der Waals surface area contributed by atoms with Gasteiger partial charge in [0.05, 0.1) is 7.11 Å². The lowest BCUT2D eigenvalue weighted by Gasteiger charge is -2.07. The molecule has 0 unspecified atom stereocenters. The van der Waals surface area contributed by atoms with Gasteiger partial charge >= 0.3 is 0 Å². The van der Waals surface area contributed by atoms with Crippen molar-refractivity contribution in [3.05, 3.63) is 103 Å². The Morgan fingerprint density at radius 2 is 1.91 bits per heavy atom. The first-order valence-corrected chi connectivity index (χ1v) is 11.2. The van der Waals surface area contributed by atoms with Crippen molar-refractivity contribution in [1.29, 1.82) is 0 Å². The van der Waals surface area contributed by atoms with E-state index in [1.165, 1.54) is 0 Å². The summed E-state index contributed by atoms with van der Waals surface area (Å²) in [6.45, 7) is 0.532. The summed E-state index contributed by atoms with van der Waals surface area (Å²) in [4.78, 5) is 21.4. The van der Waals surface area contributed by atoms with Crippen LogP contribution < -0.4 is 15.4 Å². The largest absolute Gasteiger partial charge is 0.497 e. The molecule has 5 aromatic rings. The minimum Gasteiger partial charge on any atom is -0.497 e. The summed E-state index contributed by atoms with van der Waals surface area (Å²) < 4.78 is 6.99. The lowest BCUT2D eigenvalue weighted by atomic mass is 10.1. The summed E-state index contributed by atoms with van der Waals surface area (Å²) in [7, 11) is 1.65. The Balaban J connectivity index is 1.30. The zero-order valence-electron chi connectivity index (χ0n) is 19.2. The van der Waals surface area contributed by atoms with Crippen molar-refractivity contribution >= 4 is 23.2 Å². The maximum absolute atomic E-state index is 12.6. The molecule has 0 saturated heterocycles. The average Bonchev–Trinajstić information content (AvgIpc) is 3.32. The molecule has 0 fully saturated rings. The third-order valence-corrected chi connectivity index (χ3v) is 5.57. The van der Waals surface area contributed by atoms with Gasteiger partial charge in [-0.25, -0.2) is 4.52 Å². The second kappa shape index (κ2) is 10.0. The van der Waals surface area contributed by atoms with Crippen molar-refractivity contribution in [3.63, 3.8) is 0 Å². The first kappa shape index (κ1) is 22.1. The molecular weight excluding hydrogens is 440 g/mol. The first-order chi connectivity index (χ1) is 17.2. The smallest absolute Gasteiger partial charge is 0.251 e. The Bertz CT molecular complexity index is 1450. The van der Waals surface area contributed by atoms with E-state index < -0.39 is 0 Å². The topological polar surface area (TPSA) is 93.4 Å². The number of fused-ring (bicyclic) bond motifs is 1. The molecule has 0 spiro atoms. The normalized spacial score (nSPS) is 10.8. The van der Waals surface area contributed by atoms with Gasteiger partial charge in [0.1, 0.15) is 5.75 Å². The van der Waals surface area contributed by atoms with Gasteiger partial charge in [-0.2, -0.15) is 4.98 Å². The molecular formula is C27H24N6O2. The fourth-order valence-corrected chi connectivity index (χ4v) is 3.79. The lowest BCUT2D eigenvalue weighted by molar-refractivity contribution is 0.0954. The highest BCUT2D eigenvalue weighted by molar-refractivity contribution is 5.95. The SMILES string of the molecule is COc1ccc(-c2cccn3nc(Nc4cccc(C(=O)NCCc5cccnc5)c4)nc23)cc1. The molecule has 0 aliphatic carbocycles. The molecule has 0 atom stereocenters. The molecule has 35 heavy (non-hydrogen) atoms. The molecule has 2 aromatic carbocycles. The van der Waals surface area contributed by atoms with Crippen LogP contribution in [0.15, 0.2) is 91.4 Å². The molecule has 0 saturated carbocycles. The van der Waals surface area contributed by atoms with Crippen molar-refractivity contribution < 1.29 is 9.53 Å². The number of anilines is 2. The lowest BCUT2D eigenvalue weighted by Crippen LogP contribution is -2.25. The average molecular weight is 465 g/mol. The number of hydrogen-bond donors (Lipinski definition) is 2. The van der Waals surface area contributed by atoms with Crippen molar-refractivity contribution in [1.82, 2.24) is 24.9 Å². The van der Waals surface area contributed by atoms with E-state index in [4.69, 9.17) is 4.74 Å². The number of benzene rings is 2. The van der Waals surface area contributed by atoms with E-state index in [0.717, 1.165) is 40.2 Å². The Labute approximate surface area is 202 Å². The zero-order valence-corrected chi connectivity index (χ0v) is 19.2. The number of methoxy groups -OCH3 is 1. The number of carbonyl (C=O) groups is 1. The fourth-order valence-electron chi connectivity index (χ4n) is 3.79. The molecule has 1 amide bonds. The van der Waals surface area contributed by atoms with Gasteiger partial charge in [0.15, 0.2) is 5.65 Å². The molecule has 5 rings (SSSR count). The van der Waals surface area contributed by atoms with E-state index in [9.17, 15) is 4.79 Å². The molecule has 0 radical (unpaired) electrons. The van der Waals surface area contributed by atoms with Crippen LogP contribution in [0.4, 0.5) is 11.6 Å². The molecule has 3 aromatic heterocycles. The van der Waals surface area contributed by atoms with Gasteiger partial charge in [0.2, 0.25) is 5.95 Å². The predicted octanol–water partition coefficient (Wildman–Crippen LogP) is 4.52. The molecule has 0 aliphatic heterocycles. The quantitative estimate of drug-likeness (QED) is 0.351. The highest BCUT2D eigenvalue weighted by atomic mass is 16.5. The van der Waals surface area contributed by atoms with E-state index in [1.54, 1.807) is 36.2 Å². The molecule has 174 valence electrons. The van der Waals surface area contributed by atoms with Crippen LogP contribution in [-0.4, -0.2) is 39.1 Å². The molecule has 8 heteroatoms. The third kappa shape index (κ3) is 5.11. The van der Waals surface area contributed by atoms with Gasteiger partial charge < -0.3 is 15.4 Å². The van der Waals surface area contributed by atoms with Crippen LogP contribution in [0.5, 0.6) is 5.75 Å². The Morgan fingerprint density at radius 1 is 1.03 bits per heavy atom. The number of rotatable bonds is 8. The van der Waals surface area contributed by atoms with Crippen LogP contribution in [0.1, 0.15) is 15.9 Å². The molecule has 2 N–H and O–H groups in total. The summed E-state index contributed by atoms with van der Waals surface area (Å²) in [6, 6.07) is 22.9. The maximum atomic E-state index is 12.6. The number of nitrogens with one attached hydrogen (secondary N) is 2. The van der Waals surface area contributed by atoms with Gasteiger partial charge in [0, 0.05) is 41.9 Å². The van der Waals surface area contributed by atoms with Crippen molar-refractivity contribution in [2.24, 2.45) is 0 Å². The monoisotopic (exact) mass is 464 g/mol. The molecule has 0 aliphatic rings. The number of carbonyl (C=O) groups excluding carboxylic acids is 1. The van der Waals surface area contributed by atoms with E-state index in [1.807, 2.05) is 66.9 Å². The number of hydrogen-bond acceptors (Lipinski definition) is 6. The Morgan fingerprint density at radius 3 is 2.71 bits per heavy atom. The van der Waals surface area contributed by atoms with E-state index in [2.05, 4.69) is 25.7 Å². The number of pyridine rings is 2. The second-order valence-corrected chi connectivity index (χ2v) is 7.93. The van der Waals surface area contributed by atoms with E-state index in [-0.39, 0.29) is 5.91 Å². The highest BCUT2D eigenvalue weighted by Crippen LogP contribution is 2.26. The van der Waals surface area contributed by atoms with Crippen LogP contribution in [0, 0.1) is 0 Å². The Hall–Kier alpha value is -4.72. The molecule has 0 bridgehead atoms. The fraction of sp³-hybridized carbons (Fsp3) is 0.111. The minimum absolute atomic E-state index is 0.137. The van der Waals surface area contributed by atoms with Gasteiger partial charge in [0.25, 0.3) is 5.91 Å². The summed E-state index contributed by atoms with van der Waals surface area (Å²) in [5.41, 5.74) is 5.06. The van der Waals surface area contributed by atoms with Crippen molar-refractivity contribution in [3.8, 4) is 16.9 Å². The standard InChI is InChI=1S/C27H24N6O2/c1-35-23-11-9-20(10-12-23)24-8-4-16-33-25(24)31-27(32-33)30-22-7-2-6-21(17-22)26(34)29-15-13-19-5-3-14-28-18-19/h2-12,14,16-18H,13,15H2,1H3,(H,29,34)(H,30,32). The summed E-state index contributed by atoms with van der Waals surface area (Å²) in [5, 5.41) is 10.7. The van der Waals surface area contributed by atoms with Gasteiger partial charge in [-0.1, -0.05) is 24.3 Å². The first-order valence-electron chi connectivity index (χ1n) is 11.2. The number of aromatic nitrogens is 4. The minimum atomic E-state index is -0.137. The highest BCUT2D eigenvalue weighted by Gasteiger charge is 2.11. The number of nitrogens with zero attached hydrogens (tertiary/aromatic N) is 4.